The Morgan fingerprint density at radius 1 is 1.24 bits per heavy atom. The number of rotatable bonds is 2. The van der Waals surface area contributed by atoms with Crippen LogP contribution in [0.25, 0.3) is 0 Å². The highest BCUT2D eigenvalue weighted by Crippen LogP contribution is 2.16. The number of nitrogens with zero attached hydrogens (tertiary/aromatic N) is 4. The quantitative estimate of drug-likeness (QED) is 0.840. The summed E-state index contributed by atoms with van der Waals surface area (Å²) < 4.78 is 4.84. The SMILES string of the molecule is Cc1ccnc(N2CCN(C(=O)c3nocc3C)CC2)c1. The number of anilines is 1. The Morgan fingerprint density at radius 3 is 2.62 bits per heavy atom. The van der Waals surface area contributed by atoms with Gasteiger partial charge in [0.2, 0.25) is 0 Å². The van der Waals surface area contributed by atoms with Crippen LogP contribution in [0.3, 0.4) is 0 Å². The predicted octanol–water partition coefficient (Wildman–Crippen LogP) is 1.65. The van der Waals surface area contributed by atoms with Crippen molar-refractivity contribution in [3.8, 4) is 0 Å². The Morgan fingerprint density at radius 2 is 2.00 bits per heavy atom. The standard InChI is InChI=1S/C15H18N4O2/c1-11-3-4-16-13(9-11)18-5-7-19(8-6-18)15(20)14-12(2)10-21-17-14/h3-4,9-10H,5-8H2,1-2H3. The second kappa shape index (κ2) is 5.55. The summed E-state index contributed by atoms with van der Waals surface area (Å²) in [4.78, 5) is 20.8. The van der Waals surface area contributed by atoms with E-state index in [2.05, 4.69) is 28.0 Å². The van der Waals surface area contributed by atoms with E-state index >= 15 is 0 Å². The number of hydrogen-bond acceptors (Lipinski definition) is 5. The number of amides is 1. The zero-order chi connectivity index (χ0) is 14.8. The Hall–Kier alpha value is -2.37. The van der Waals surface area contributed by atoms with Gasteiger partial charge in [0.15, 0.2) is 5.69 Å². The number of piperazine rings is 1. The molecule has 0 atom stereocenters. The Labute approximate surface area is 123 Å². The van der Waals surface area contributed by atoms with Gasteiger partial charge in [-0.3, -0.25) is 4.79 Å². The molecule has 1 aliphatic heterocycles. The summed E-state index contributed by atoms with van der Waals surface area (Å²) in [5, 5.41) is 3.79. The summed E-state index contributed by atoms with van der Waals surface area (Å²) in [5.74, 6) is 0.915. The Kier molecular flexibility index (Phi) is 3.60. The number of aromatic nitrogens is 2. The first-order valence-corrected chi connectivity index (χ1v) is 7.03. The van der Waals surface area contributed by atoms with Crippen LogP contribution in [0.2, 0.25) is 0 Å². The van der Waals surface area contributed by atoms with Crippen LogP contribution in [-0.4, -0.2) is 47.1 Å². The highest BCUT2D eigenvalue weighted by atomic mass is 16.5. The molecule has 0 N–H and O–H groups in total. The summed E-state index contributed by atoms with van der Waals surface area (Å²) >= 11 is 0. The molecule has 1 fully saturated rings. The molecule has 0 aliphatic carbocycles. The zero-order valence-electron chi connectivity index (χ0n) is 12.2. The molecule has 2 aromatic heterocycles. The van der Waals surface area contributed by atoms with Crippen molar-refractivity contribution in [3.63, 3.8) is 0 Å². The van der Waals surface area contributed by atoms with Crippen molar-refractivity contribution in [2.75, 3.05) is 31.1 Å². The van der Waals surface area contributed by atoms with Gasteiger partial charge < -0.3 is 14.3 Å². The maximum absolute atomic E-state index is 12.3. The summed E-state index contributed by atoms with van der Waals surface area (Å²) in [7, 11) is 0. The molecule has 0 unspecified atom stereocenters. The monoisotopic (exact) mass is 286 g/mol. The summed E-state index contributed by atoms with van der Waals surface area (Å²) in [6.07, 6.45) is 3.32. The highest BCUT2D eigenvalue weighted by Gasteiger charge is 2.25. The molecular formula is C15H18N4O2. The van der Waals surface area contributed by atoms with Gasteiger partial charge in [-0.2, -0.15) is 0 Å². The van der Waals surface area contributed by atoms with Crippen molar-refractivity contribution < 1.29 is 9.32 Å². The predicted molar refractivity (Wildman–Crippen MR) is 78.3 cm³/mol. The van der Waals surface area contributed by atoms with Crippen LogP contribution in [0, 0.1) is 13.8 Å². The second-order valence-corrected chi connectivity index (χ2v) is 5.32. The normalized spacial score (nSPS) is 15.3. The molecular weight excluding hydrogens is 268 g/mol. The van der Waals surface area contributed by atoms with Crippen molar-refractivity contribution in [2.45, 2.75) is 13.8 Å². The lowest BCUT2D eigenvalue weighted by molar-refractivity contribution is 0.0735. The number of aryl methyl sites for hydroxylation is 2. The van der Waals surface area contributed by atoms with E-state index in [4.69, 9.17) is 4.52 Å². The first kappa shape index (κ1) is 13.6. The zero-order valence-corrected chi connectivity index (χ0v) is 12.2. The molecule has 0 saturated carbocycles. The van der Waals surface area contributed by atoms with E-state index in [9.17, 15) is 4.79 Å². The average molecular weight is 286 g/mol. The number of carbonyl (C=O) groups is 1. The van der Waals surface area contributed by atoms with Crippen molar-refractivity contribution in [1.82, 2.24) is 15.0 Å². The van der Waals surface area contributed by atoms with Gasteiger partial charge >= 0.3 is 0 Å². The maximum Gasteiger partial charge on any atom is 0.276 e. The molecule has 6 nitrogen and oxygen atoms in total. The van der Waals surface area contributed by atoms with E-state index in [0.717, 1.165) is 24.5 Å². The fraction of sp³-hybridized carbons (Fsp3) is 0.400. The molecule has 2 aromatic rings. The Balaban J connectivity index is 1.65. The van der Waals surface area contributed by atoms with E-state index < -0.39 is 0 Å². The number of carbonyl (C=O) groups excluding carboxylic acids is 1. The lowest BCUT2D eigenvalue weighted by Crippen LogP contribution is -2.49. The van der Waals surface area contributed by atoms with E-state index in [1.165, 1.54) is 11.8 Å². The summed E-state index contributed by atoms with van der Waals surface area (Å²) in [6, 6.07) is 4.05. The van der Waals surface area contributed by atoms with Crippen LogP contribution < -0.4 is 4.90 Å². The molecule has 1 aliphatic rings. The molecule has 110 valence electrons. The minimum atomic E-state index is -0.0573. The van der Waals surface area contributed by atoms with Gasteiger partial charge in [0.1, 0.15) is 12.1 Å². The molecule has 6 heteroatoms. The lowest BCUT2D eigenvalue weighted by atomic mass is 10.2. The third kappa shape index (κ3) is 2.74. The van der Waals surface area contributed by atoms with Crippen molar-refractivity contribution in [2.24, 2.45) is 0 Å². The third-order valence-corrected chi connectivity index (χ3v) is 3.74. The molecule has 1 amide bonds. The number of pyridine rings is 1. The molecule has 3 heterocycles. The molecule has 0 spiro atoms. The van der Waals surface area contributed by atoms with E-state index in [1.54, 1.807) is 0 Å². The minimum Gasteiger partial charge on any atom is -0.364 e. The van der Waals surface area contributed by atoms with Gasteiger partial charge in [-0.1, -0.05) is 5.16 Å². The molecule has 3 rings (SSSR count). The van der Waals surface area contributed by atoms with Crippen LogP contribution in [0.4, 0.5) is 5.82 Å². The largest absolute Gasteiger partial charge is 0.364 e. The van der Waals surface area contributed by atoms with Gasteiger partial charge in [-0.25, -0.2) is 4.98 Å². The topological polar surface area (TPSA) is 62.5 Å². The van der Waals surface area contributed by atoms with Crippen molar-refractivity contribution in [1.29, 1.82) is 0 Å². The maximum atomic E-state index is 12.3. The Bertz CT molecular complexity index is 645. The van der Waals surface area contributed by atoms with Crippen molar-refractivity contribution in [3.05, 3.63) is 41.4 Å². The first-order chi connectivity index (χ1) is 10.1. The van der Waals surface area contributed by atoms with Crippen LogP contribution in [0.15, 0.2) is 29.1 Å². The second-order valence-electron chi connectivity index (χ2n) is 5.32. The molecule has 0 aromatic carbocycles. The first-order valence-electron chi connectivity index (χ1n) is 7.03. The van der Waals surface area contributed by atoms with Crippen LogP contribution in [0.5, 0.6) is 0 Å². The molecule has 1 saturated heterocycles. The third-order valence-electron chi connectivity index (χ3n) is 3.74. The minimum absolute atomic E-state index is 0.0573. The number of hydrogen-bond donors (Lipinski definition) is 0. The van der Waals surface area contributed by atoms with Crippen LogP contribution in [-0.2, 0) is 0 Å². The smallest absolute Gasteiger partial charge is 0.276 e. The van der Waals surface area contributed by atoms with Gasteiger partial charge in [0, 0.05) is 37.9 Å². The molecule has 0 radical (unpaired) electrons. The van der Waals surface area contributed by atoms with E-state index in [0.29, 0.717) is 18.8 Å². The van der Waals surface area contributed by atoms with E-state index in [1.807, 2.05) is 24.1 Å². The highest BCUT2D eigenvalue weighted by molar-refractivity contribution is 5.93. The fourth-order valence-corrected chi connectivity index (χ4v) is 2.48. The van der Waals surface area contributed by atoms with Crippen LogP contribution in [0.1, 0.15) is 21.6 Å². The van der Waals surface area contributed by atoms with Gasteiger partial charge in [0.05, 0.1) is 0 Å². The lowest BCUT2D eigenvalue weighted by Gasteiger charge is -2.35. The van der Waals surface area contributed by atoms with Gasteiger partial charge in [-0.05, 0) is 31.5 Å². The summed E-state index contributed by atoms with van der Waals surface area (Å²) in [6.45, 7) is 6.77. The van der Waals surface area contributed by atoms with Gasteiger partial charge in [0.25, 0.3) is 5.91 Å². The van der Waals surface area contributed by atoms with Crippen molar-refractivity contribution >= 4 is 11.7 Å². The molecule has 21 heavy (non-hydrogen) atoms. The van der Waals surface area contributed by atoms with Crippen LogP contribution >= 0.6 is 0 Å². The van der Waals surface area contributed by atoms with Gasteiger partial charge in [-0.15, -0.1) is 0 Å². The molecule has 0 bridgehead atoms. The summed E-state index contributed by atoms with van der Waals surface area (Å²) in [5.41, 5.74) is 2.39. The van der Waals surface area contributed by atoms with E-state index in [-0.39, 0.29) is 5.91 Å². The fourth-order valence-electron chi connectivity index (χ4n) is 2.48. The average Bonchev–Trinajstić information content (AvgIpc) is 2.93.